The van der Waals surface area contributed by atoms with E-state index in [1.54, 1.807) is 42.5 Å². The molecule has 0 unspecified atom stereocenters. The summed E-state index contributed by atoms with van der Waals surface area (Å²) in [4.78, 5) is 28.2. The Hall–Kier alpha value is -3.28. The van der Waals surface area contributed by atoms with Crippen molar-refractivity contribution in [2.45, 2.75) is 13.8 Å². The predicted octanol–water partition coefficient (Wildman–Crippen LogP) is 6.02. The fourth-order valence-electron chi connectivity index (χ4n) is 3.73. The van der Waals surface area contributed by atoms with Crippen molar-refractivity contribution in [1.82, 2.24) is 0 Å². The van der Waals surface area contributed by atoms with Crippen LogP contribution in [0.15, 0.2) is 66.4 Å². The van der Waals surface area contributed by atoms with E-state index in [0.717, 1.165) is 16.0 Å². The van der Waals surface area contributed by atoms with E-state index in [0.29, 0.717) is 32.7 Å². The zero-order valence-corrected chi connectivity index (χ0v) is 19.2. The number of nitrogens with zero attached hydrogens (tertiary/aromatic N) is 1. The van der Waals surface area contributed by atoms with Crippen molar-refractivity contribution < 1.29 is 14.3 Å². The molecule has 32 heavy (non-hydrogen) atoms. The number of hydrogen-bond donors (Lipinski definition) is 1. The zero-order valence-electron chi connectivity index (χ0n) is 17.7. The van der Waals surface area contributed by atoms with Crippen molar-refractivity contribution in [2.75, 3.05) is 17.3 Å². The molecule has 2 amide bonds. The first-order valence-electron chi connectivity index (χ1n) is 9.87. The fraction of sp³-hybridized carbons (Fsp3) is 0.120. The van der Waals surface area contributed by atoms with Crippen LogP contribution >= 0.6 is 23.2 Å². The molecule has 0 saturated carbocycles. The van der Waals surface area contributed by atoms with Gasteiger partial charge in [0.1, 0.15) is 11.4 Å². The molecule has 1 aliphatic rings. The van der Waals surface area contributed by atoms with Crippen LogP contribution in [0.3, 0.4) is 0 Å². The highest BCUT2D eigenvalue weighted by atomic mass is 35.5. The lowest BCUT2D eigenvalue weighted by molar-refractivity contribution is -0.120. The molecule has 5 nitrogen and oxygen atoms in total. The minimum Gasteiger partial charge on any atom is -0.495 e. The average molecular weight is 467 g/mol. The van der Waals surface area contributed by atoms with Crippen LogP contribution in [0.5, 0.6) is 5.75 Å². The van der Waals surface area contributed by atoms with Crippen molar-refractivity contribution in [2.24, 2.45) is 0 Å². The highest BCUT2D eigenvalue weighted by Gasteiger charge is 2.41. The normalized spacial score (nSPS) is 13.7. The quantitative estimate of drug-likeness (QED) is 0.467. The molecule has 0 radical (unpaired) electrons. The Morgan fingerprint density at radius 2 is 1.62 bits per heavy atom. The molecule has 4 rings (SSSR count). The van der Waals surface area contributed by atoms with E-state index >= 15 is 0 Å². The molecule has 0 bridgehead atoms. The maximum Gasteiger partial charge on any atom is 0.282 e. The Bertz CT molecular complexity index is 1280. The second kappa shape index (κ2) is 8.69. The van der Waals surface area contributed by atoms with Crippen LogP contribution in [0.4, 0.5) is 11.4 Å². The van der Waals surface area contributed by atoms with Gasteiger partial charge in [-0.1, -0.05) is 59.1 Å². The number of imide groups is 1. The SMILES string of the molecule is COc1ccc(NC2=C(c3ccc(C)cc3C)C(=O)N(c3ccccc3Cl)C2=O)cc1Cl. The number of rotatable bonds is 5. The van der Waals surface area contributed by atoms with Crippen LogP contribution in [-0.4, -0.2) is 18.9 Å². The van der Waals surface area contributed by atoms with E-state index in [-0.39, 0.29) is 11.3 Å². The minimum absolute atomic E-state index is 0.156. The Morgan fingerprint density at radius 3 is 2.28 bits per heavy atom. The molecule has 0 atom stereocenters. The van der Waals surface area contributed by atoms with Gasteiger partial charge in [0.15, 0.2) is 0 Å². The number of carbonyl (C=O) groups excluding carboxylic acids is 2. The second-order valence-electron chi connectivity index (χ2n) is 7.44. The summed E-state index contributed by atoms with van der Waals surface area (Å²) in [6.07, 6.45) is 0. The summed E-state index contributed by atoms with van der Waals surface area (Å²) in [5, 5.41) is 3.80. The van der Waals surface area contributed by atoms with Gasteiger partial charge in [0.05, 0.1) is 28.4 Å². The summed E-state index contributed by atoms with van der Waals surface area (Å²) in [7, 11) is 1.52. The van der Waals surface area contributed by atoms with Crippen molar-refractivity contribution in [1.29, 1.82) is 0 Å². The summed E-state index contributed by atoms with van der Waals surface area (Å²) < 4.78 is 5.20. The first-order chi connectivity index (χ1) is 15.3. The van der Waals surface area contributed by atoms with Gasteiger partial charge in [-0.15, -0.1) is 0 Å². The van der Waals surface area contributed by atoms with E-state index in [4.69, 9.17) is 27.9 Å². The number of benzene rings is 3. The van der Waals surface area contributed by atoms with Gasteiger partial charge in [-0.05, 0) is 55.3 Å². The lowest BCUT2D eigenvalue weighted by atomic mass is 9.97. The van der Waals surface area contributed by atoms with Crippen LogP contribution in [-0.2, 0) is 9.59 Å². The molecule has 0 spiro atoms. The van der Waals surface area contributed by atoms with Gasteiger partial charge in [0, 0.05) is 5.69 Å². The lowest BCUT2D eigenvalue weighted by Crippen LogP contribution is -2.32. The standard InChI is InChI=1S/C25H20Cl2N2O3/c1-14-8-10-17(15(2)12-14)22-23(28-16-9-11-21(32-3)19(27)13-16)25(31)29(24(22)30)20-7-5-4-6-18(20)26/h4-13,28H,1-3H3. The van der Waals surface area contributed by atoms with Gasteiger partial charge in [-0.3, -0.25) is 9.59 Å². The summed E-state index contributed by atoms with van der Waals surface area (Å²) in [5.74, 6) is -0.436. The molecule has 0 saturated heterocycles. The number of para-hydroxylation sites is 1. The summed E-state index contributed by atoms with van der Waals surface area (Å²) in [5.41, 5.74) is 3.93. The molecular formula is C25H20Cl2N2O3. The third-order valence-corrected chi connectivity index (χ3v) is 5.86. The number of carbonyl (C=O) groups is 2. The number of methoxy groups -OCH3 is 1. The van der Waals surface area contributed by atoms with Gasteiger partial charge < -0.3 is 10.1 Å². The topological polar surface area (TPSA) is 58.6 Å². The molecule has 1 heterocycles. The molecule has 1 aliphatic heterocycles. The number of nitrogens with one attached hydrogen (secondary N) is 1. The maximum atomic E-state index is 13.6. The maximum absolute atomic E-state index is 13.6. The van der Waals surface area contributed by atoms with Gasteiger partial charge in [0.2, 0.25) is 0 Å². The molecule has 0 aliphatic carbocycles. The van der Waals surface area contributed by atoms with Gasteiger partial charge in [-0.2, -0.15) is 0 Å². The van der Waals surface area contributed by atoms with Crippen molar-refractivity contribution in [3.8, 4) is 5.75 Å². The molecule has 0 fully saturated rings. The fourth-order valence-corrected chi connectivity index (χ4v) is 4.21. The van der Waals surface area contributed by atoms with E-state index in [1.807, 2.05) is 32.0 Å². The van der Waals surface area contributed by atoms with E-state index in [9.17, 15) is 9.59 Å². The third kappa shape index (κ3) is 3.85. The molecular weight excluding hydrogens is 447 g/mol. The number of anilines is 2. The largest absolute Gasteiger partial charge is 0.495 e. The van der Waals surface area contributed by atoms with Gasteiger partial charge >= 0.3 is 0 Å². The Labute approximate surface area is 196 Å². The monoisotopic (exact) mass is 466 g/mol. The molecule has 0 aromatic heterocycles. The van der Waals surface area contributed by atoms with Crippen molar-refractivity contribution in [3.63, 3.8) is 0 Å². The molecule has 1 N–H and O–H groups in total. The molecule has 3 aromatic rings. The first-order valence-corrected chi connectivity index (χ1v) is 10.6. The van der Waals surface area contributed by atoms with Crippen molar-refractivity contribution >= 4 is 52.0 Å². The van der Waals surface area contributed by atoms with E-state index in [2.05, 4.69) is 5.32 Å². The third-order valence-electron chi connectivity index (χ3n) is 5.25. The zero-order chi connectivity index (χ0) is 23.0. The van der Waals surface area contributed by atoms with Crippen LogP contribution in [0.1, 0.15) is 16.7 Å². The minimum atomic E-state index is -0.495. The van der Waals surface area contributed by atoms with Crippen LogP contribution in [0.2, 0.25) is 10.0 Å². The smallest absolute Gasteiger partial charge is 0.282 e. The lowest BCUT2D eigenvalue weighted by Gasteiger charge is -2.17. The molecule has 3 aromatic carbocycles. The molecule has 7 heteroatoms. The van der Waals surface area contributed by atoms with E-state index in [1.165, 1.54) is 7.11 Å². The number of amides is 2. The summed E-state index contributed by atoms with van der Waals surface area (Å²) in [6, 6.07) is 17.6. The van der Waals surface area contributed by atoms with Gasteiger partial charge in [-0.25, -0.2) is 4.90 Å². The summed E-state index contributed by atoms with van der Waals surface area (Å²) >= 11 is 12.6. The highest BCUT2D eigenvalue weighted by Crippen LogP contribution is 2.38. The Morgan fingerprint density at radius 1 is 0.875 bits per heavy atom. The Balaban J connectivity index is 1.86. The van der Waals surface area contributed by atoms with Crippen LogP contribution in [0.25, 0.3) is 5.57 Å². The van der Waals surface area contributed by atoms with Crippen LogP contribution < -0.4 is 15.0 Å². The van der Waals surface area contributed by atoms with Crippen molar-refractivity contribution in [3.05, 3.63) is 93.1 Å². The number of aryl methyl sites for hydroxylation is 2. The van der Waals surface area contributed by atoms with E-state index < -0.39 is 11.8 Å². The second-order valence-corrected chi connectivity index (χ2v) is 8.25. The molecule has 162 valence electrons. The predicted molar refractivity (Wildman–Crippen MR) is 128 cm³/mol. The van der Waals surface area contributed by atoms with Crippen LogP contribution in [0, 0.1) is 13.8 Å². The average Bonchev–Trinajstić information content (AvgIpc) is 2.98. The highest BCUT2D eigenvalue weighted by molar-refractivity contribution is 6.48. The number of hydrogen-bond acceptors (Lipinski definition) is 4. The number of halogens is 2. The van der Waals surface area contributed by atoms with Gasteiger partial charge in [0.25, 0.3) is 11.8 Å². The first kappa shape index (κ1) is 21.9. The summed E-state index contributed by atoms with van der Waals surface area (Å²) in [6.45, 7) is 3.88. The Kier molecular flexibility index (Phi) is 5.96. The number of ether oxygens (including phenoxy) is 1.